The third-order valence-electron chi connectivity index (χ3n) is 2.67. The van der Waals surface area contributed by atoms with Crippen molar-refractivity contribution < 1.29 is 13.2 Å². The molecule has 98 valence electrons. The number of nitrogens with two attached hydrogens (primary N) is 1. The third kappa shape index (κ3) is 3.00. The smallest absolute Gasteiger partial charge is 0.329 e. The van der Waals surface area contributed by atoms with Crippen LogP contribution in [0.15, 0.2) is 6.07 Å². The summed E-state index contributed by atoms with van der Waals surface area (Å²) < 4.78 is 39.6. The molecule has 0 aromatic carbocycles. The van der Waals surface area contributed by atoms with Gasteiger partial charge in [-0.3, -0.25) is 4.68 Å². The predicted molar refractivity (Wildman–Crippen MR) is 59.8 cm³/mol. The normalized spacial score (nSPS) is 15.1. The molecule has 0 amide bonds. The third-order valence-corrected chi connectivity index (χ3v) is 2.67. The highest BCUT2D eigenvalue weighted by Gasteiger charge is 2.42. The first-order chi connectivity index (χ1) is 7.57. The van der Waals surface area contributed by atoms with Crippen molar-refractivity contribution >= 4 is 0 Å². The van der Waals surface area contributed by atoms with E-state index in [1.165, 1.54) is 17.8 Å². The average molecular weight is 249 g/mol. The first-order valence-corrected chi connectivity index (χ1v) is 5.38. The lowest BCUT2D eigenvalue weighted by atomic mass is 9.91. The number of aromatic nitrogens is 2. The summed E-state index contributed by atoms with van der Waals surface area (Å²) in [7, 11) is 1.51. The van der Waals surface area contributed by atoms with Crippen molar-refractivity contribution in [2.24, 2.45) is 12.8 Å². The van der Waals surface area contributed by atoms with E-state index in [1.54, 1.807) is 0 Å². The number of hydrogen-bond donors (Lipinski definition) is 1. The zero-order valence-corrected chi connectivity index (χ0v) is 10.5. The Hall–Kier alpha value is -1.04. The maximum absolute atomic E-state index is 12.8. The molecule has 0 aliphatic carbocycles. The quantitative estimate of drug-likeness (QED) is 0.874. The number of halogens is 3. The summed E-state index contributed by atoms with van der Waals surface area (Å²) in [4.78, 5) is 0. The first-order valence-electron chi connectivity index (χ1n) is 5.38. The molecular formula is C11H18F3N3. The molecular weight excluding hydrogens is 231 g/mol. The van der Waals surface area contributed by atoms with Crippen LogP contribution in [0, 0.1) is 0 Å². The molecule has 0 saturated carbocycles. The standard InChI is InChI=1S/C11H18F3N3/c1-10(2,3)9-5-8(17(4)16-9)7(6-15)11(12,13)14/h5,7H,6,15H2,1-4H3. The molecule has 6 heteroatoms. The largest absolute Gasteiger partial charge is 0.398 e. The highest BCUT2D eigenvalue weighted by atomic mass is 19.4. The minimum absolute atomic E-state index is 0.116. The van der Waals surface area contributed by atoms with Crippen LogP contribution >= 0.6 is 0 Å². The van der Waals surface area contributed by atoms with Gasteiger partial charge in [0.2, 0.25) is 0 Å². The second-order valence-electron chi connectivity index (χ2n) is 5.16. The molecule has 0 saturated heterocycles. The van der Waals surface area contributed by atoms with Crippen molar-refractivity contribution in [3.05, 3.63) is 17.5 Å². The van der Waals surface area contributed by atoms with Gasteiger partial charge in [-0.05, 0) is 6.07 Å². The second kappa shape index (κ2) is 4.33. The topological polar surface area (TPSA) is 43.8 Å². The van der Waals surface area contributed by atoms with Crippen LogP contribution in [-0.2, 0) is 12.5 Å². The zero-order chi connectivity index (χ0) is 13.4. The summed E-state index contributed by atoms with van der Waals surface area (Å²) in [5.41, 5.74) is 5.69. The molecule has 17 heavy (non-hydrogen) atoms. The van der Waals surface area contributed by atoms with E-state index in [0.717, 1.165) is 0 Å². The van der Waals surface area contributed by atoms with Gasteiger partial charge in [0.15, 0.2) is 0 Å². The van der Waals surface area contributed by atoms with Gasteiger partial charge in [-0.15, -0.1) is 0 Å². The van der Waals surface area contributed by atoms with Crippen molar-refractivity contribution in [2.75, 3.05) is 6.54 Å². The minimum atomic E-state index is -4.34. The summed E-state index contributed by atoms with van der Waals surface area (Å²) in [6, 6.07) is 1.49. The van der Waals surface area contributed by atoms with Gasteiger partial charge in [0.05, 0.1) is 11.4 Å². The van der Waals surface area contributed by atoms with Gasteiger partial charge >= 0.3 is 6.18 Å². The molecule has 1 heterocycles. The summed E-state index contributed by atoms with van der Waals surface area (Å²) in [5.74, 6) is -1.66. The molecule has 1 aromatic rings. The van der Waals surface area contributed by atoms with Crippen LogP contribution in [0.1, 0.15) is 38.1 Å². The van der Waals surface area contributed by atoms with Gasteiger partial charge in [0.25, 0.3) is 0 Å². The Labute approximate surface area is 98.8 Å². The van der Waals surface area contributed by atoms with Gasteiger partial charge in [0, 0.05) is 19.0 Å². The Morgan fingerprint density at radius 2 is 1.88 bits per heavy atom. The monoisotopic (exact) mass is 249 g/mol. The number of alkyl halides is 3. The van der Waals surface area contributed by atoms with Crippen LogP contribution in [0.3, 0.4) is 0 Å². The number of aryl methyl sites for hydroxylation is 1. The van der Waals surface area contributed by atoms with Crippen LogP contribution in [0.25, 0.3) is 0 Å². The van der Waals surface area contributed by atoms with E-state index in [1.807, 2.05) is 20.8 Å². The van der Waals surface area contributed by atoms with Crippen LogP contribution in [-0.4, -0.2) is 22.5 Å². The zero-order valence-electron chi connectivity index (χ0n) is 10.5. The SMILES string of the molecule is Cn1nc(C(C)(C)C)cc1C(CN)C(F)(F)F. The van der Waals surface area contributed by atoms with Crippen molar-refractivity contribution in [3.63, 3.8) is 0 Å². The molecule has 0 bridgehead atoms. The van der Waals surface area contributed by atoms with Crippen LogP contribution < -0.4 is 5.73 Å². The maximum atomic E-state index is 12.8. The summed E-state index contributed by atoms with van der Waals surface area (Å²) >= 11 is 0. The second-order valence-corrected chi connectivity index (χ2v) is 5.16. The Morgan fingerprint density at radius 1 is 1.35 bits per heavy atom. The van der Waals surface area contributed by atoms with Crippen molar-refractivity contribution in [1.29, 1.82) is 0 Å². The Balaban J connectivity index is 3.19. The van der Waals surface area contributed by atoms with Gasteiger partial charge in [0.1, 0.15) is 5.92 Å². The molecule has 0 aliphatic heterocycles. The van der Waals surface area contributed by atoms with E-state index in [9.17, 15) is 13.2 Å². The highest BCUT2D eigenvalue weighted by Crippen LogP contribution is 2.35. The fourth-order valence-electron chi connectivity index (χ4n) is 1.60. The molecule has 2 N–H and O–H groups in total. The molecule has 0 aliphatic rings. The van der Waals surface area contributed by atoms with Gasteiger partial charge < -0.3 is 5.73 Å². The van der Waals surface area contributed by atoms with E-state index in [2.05, 4.69) is 5.10 Å². The average Bonchev–Trinajstić information content (AvgIpc) is 2.46. The molecule has 3 nitrogen and oxygen atoms in total. The lowest BCUT2D eigenvalue weighted by molar-refractivity contribution is -0.149. The van der Waals surface area contributed by atoms with Crippen LogP contribution in [0.5, 0.6) is 0 Å². The van der Waals surface area contributed by atoms with Crippen molar-refractivity contribution in [1.82, 2.24) is 9.78 Å². The molecule has 0 spiro atoms. The number of nitrogens with zero attached hydrogens (tertiary/aromatic N) is 2. The first kappa shape index (κ1) is 14.0. The lowest BCUT2D eigenvalue weighted by Gasteiger charge is -2.18. The molecule has 0 radical (unpaired) electrons. The fraction of sp³-hybridized carbons (Fsp3) is 0.727. The van der Waals surface area contributed by atoms with Gasteiger partial charge in [-0.1, -0.05) is 20.8 Å². The number of rotatable bonds is 2. The van der Waals surface area contributed by atoms with Crippen molar-refractivity contribution in [3.8, 4) is 0 Å². The highest BCUT2D eigenvalue weighted by molar-refractivity contribution is 5.21. The van der Waals surface area contributed by atoms with E-state index >= 15 is 0 Å². The summed E-state index contributed by atoms with van der Waals surface area (Å²) in [6.45, 7) is 5.26. The molecule has 1 atom stereocenters. The molecule has 1 aromatic heterocycles. The van der Waals surface area contributed by atoms with E-state index in [4.69, 9.17) is 5.73 Å². The fourth-order valence-corrected chi connectivity index (χ4v) is 1.60. The minimum Gasteiger partial charge on any atom is -0.329 e. The molecule has 0 fully saturated rings. The molecule has 1 unspecified atom stereocenters. The van der Waals surface area contributed by atoms with Crippen LogP contribution in [0.4, 0.5) is 13.2 Å². The van der Waals surface area contributed by atoms with Crippen molar-refractivity contribution in [2.45, 2.75) is 38.3 Å². The van der Waals surface area contributed by atoms with Gasteiger partial charge in [-0.25, -0.2) is 0 Å². The Morgan fingerprint density at radius 3 is 2.18 bits per heavy atom. The van der Waals surface area contributed by atoms with E-state index in [0.29, 0.717) is 5.69 Å². The summed E-state index contributed by atoms with van der Waals surface area (Å²) in [6.07, 6.45) is -4.34. The Bertz CT molecular complexity index is 388. The predicted octanol–water partition coefficient (Wildman–Crippen LogP) is 2.32. The van der Waals surface area contributed by atoms with Crippen LogP contribution in [0.2, 0.25) is 0 Å². The lowest BCUT2D eigenvalue weighted by Crippen LogP contribution is -2.29. The summed E-state index contributed by atoms with van der Waals surface area (Å²) in [5, 5.41) is 4.13. The van der Waals surface area contributed by atoms with E-state index < -0.39 is 18.6 Å². The Kier molecular flexibility index (Phi) is 3.57. The maximum Gasteiger partial charge on any atom is 0.398 e. The molecule has 1 rings (SSSR count). The van der Waals surface area contributed by atoms with E-state index in [-0.39, 0.29) is 11.1 Å². The number of hydrogen-bond acceptors (Lipinski definition) is 2. The van der Waals surface area contributed by atoms with Gasteiger partial charge in [-0.2, -0.15) is 18.3 Å².